The summed E-state index contributed by atoms with van der Waals surface area (Å²) >= 11 is 5.11. The van der Waals surface area contributed by atoms with Crippen LogP contribution in [0.3, 0.4) is 0 Å². The normalized spacial score (nSPS) is 10.6. The van der Waals surface area contributed by atoms with Gasteiger partial charge in [0.15, 0.2) is 0 Å². The molecule has 0 radical (unpaired) electrons. The van der Waals surface area contributed by atoms with Crippen LogP contribution in [0.2, 0.25) is 0 Å². The number of fused-ring (bicyclic) bond motifs is 1. The first-order valence-corrected chi connectivity index (χ1v) is 6.31. The average Bonchev–Trinajstić information content (AvgIpc) is 2.35. The molecule has 0 fully saturated rings. The number of hydrogen-bond acceptors (Lipinski definition) is 2. The topological polar surface area (TPSA) is 38.9 Å². The number of thiocarbonyl (C=S) groups is 1. The summed E-state index contributed by atoms with van der Waals surface area (Å²) in [5.41, 5.74) is 8.78. The Bertz CT molecular complexity index is 549. The van der Waals surface area contributed by atoms with Gasteiger partial charge < -0.3 is 5.73 Å². The molecule has 1 aromatic carbocycles. The first-order chi connectivity index (χ1) is 8.22. The third kappa shape index (κ3) is 2.61. The Morgan fingerprint density at radius 1 is 1.35 bits per heavy atom. The summed E-state index contributed by atoms with van der Waals surface area (Å²) in [5, 5.41) is 1.04. The second-order valence-corrected chi connectivity index (χ2v) is 4.59. The molecule has 0 spiro atoms. The van der Waals surface area contributed by atoms with Crippen LogP contribution in [0.15, 0.2) is 30.3 Å². The van der Waals surface area contributed by atoms with E-state index < -0.39 is 0 Å². The zero-order valence-electron chi connectivity index (χ0n) is 9.94. The van der Waals surface area contributed by atoms with Gasteiger partial charge in [-0.3, -0.25) is 4.98 Å². The number of aromatic nitrogens is 1. The second-order valence-electron chi connectivity index (χ2n) is 4.15. The van der Waals surface area contributed by atoms with E-state index in [1.165, 1.54) is 0 Å². The van der Waals surface area contributed by atoms with E-state index in [2.05, 4.69) is 11.9 Å². The van der Waals surface area contributed by atoms with Crippen LogP contribution in [-0.2, 0) is 6.42 Å². The van der Waals surface area contributed by atoms with E-state index in [4.69, 9.17) is 18.0 Å². The minimum atomic E-state index is 0.446. The quantitative estimate of drug-likeness (QED) is 0.839. The van der Waals surface area contributed by atoms with Gasteiger partial charge in [0.05, 0.1) is 5.52 Å². The maximum Gasteiger partial charge on any atom is 0.104 e. The molecule has 0 bridgehead atoms. The fraction of sp³-hybridized carbons (Fsp3) is 0.286. The number of hydrogen-bond donors (Lipinski definition) is 1. The first-order valence-electron chi connectivity index (χ1n) is 5.91. The number of rotatable bonds is 4. The largest absolute Gasteiger partial charge is 0.389 e. The smallest absolute Gasteiger partial charge is 0.104 e. The number of nitrogens with zero attached hydrogens (tertiary/aromatic N) is 1. The average molecular weight is 244 g/mol. The van der Waals surface area contributed by atoms with Crippen LogP contribution in [0.4, 0.5) is 0 Å². The SMILES string of the molecule is CCCCc1cc(C(N)=S)c2ccccc2n1. The van der Waals surface area contributed by atoms with Crippen molar-refractivity contribution >= 4 is 28.1 Å². The number of unbranched alkanes of at least 4 members (excludes halogenated alkanes) is 1. The minimum Gasteiger partial charge on any atom is -0.389 e. The number of nitrogens with two attached hydrogens (primary N) is 1. The van der Waals surface area contributed by atoms with Gasteiger partial charge in [0.25, 0.3) is 0 Å². The molecular formula is C14H16N2S. The number of aryl methyl sites for hydroxylation is 1. The maximum absolute atomic E-state index is 5.78. The van der Waals surface area contributed by atoms with Crippen molar-refractivity contribution in [2.75, 3.05) is 0 Å². The molecule has 0 unspecified atom stereocenters. The van der Waals surface area contributed by atoms with Gasteiger partial charge in [-0.25, -0.2) is 0 Å². The minimum absolute atomic E-state index is 0.446. The van der Waals surface area contributed by atoms with Crippen molar-refractivity contribution in [3.05, 3.63) is 41.6 Å². The first kappa shape index (κ1) is 12.0. The molecule has 0 amide bonds. The lowest BCUT2D eigenvalue weighted by atomic mass is 10.1. The monoisotopic (exact) mass is 244 g/mol. The standard InChI is InChI=1S/C14H16N2S/c1-2-3-6-10-9-12(14(15)17)11-7-4-5-8-13(11)16-10/h4-5,7-9H,2-3,6H2,1H3,(H2,15,17). The highest BCUT2D eigenvalue weighted by molar-refractivity contribution is 7.80. The lowest BCUT2D eigenvalue weighted by molar-refractivity contribution is 0.779. The van der Waals surface area contributed by atoms with Crippen LogP contribution < -0.4 is 5.73 Å². The summed E-state index contributed by atoms with van der Waals surface area (Å²) in [6.07, 6.45) is 3.29. The lowest BCUT2D eigenvalue weighted by Crippen LogP contribution is -2.11. The van der Waals surface area contributed by atoms with Crippen LogP contribution in [-0.4, -0.2) is 9.97 Å². The van der Waals surface area contributed by atoms with E-state index in [1.54, 1.807) is 0 Å². The van der Waals surface area contributed by atoms with Gasteiger partial charge in [-0.15, -0.1) is 0 Å². The Balaban J connectivity index is 2.55. The zero-order chi connectivity index (χ0) is 12.3. The number of benzene rings is 1. The molecule has 1 heterocycles. The predicted molar refractivity (Wildman–Crippen MR) is 76.2 cm³/mol. The van der Waals surface area contributed by atoms with Crippen LogP contribution in [0.1, 0.15) is 31.0 Å². The van der Waals surface area contributed by atoms with Gasteiger partial charge in [-0.05, 0) is 25.0 Å². The molecule has 0 aliphatic rings. The molecule has 2 nitrogen and oxygen atoms in total. The molecule has 2 aromatic rings. The summed E-state index contributed by atoms with van der Waals surface area (Å²) in [6, 6.07) is 10.0. The van der Waals surface area contributed by atoms with Gasteiger partial charge >= 0.3 is 0 Å². The Hall–Kier alpha value is -1.48. The highest BCUT2D eigenvalue weighted by Crippen LogP contribution is 2.19. The molecule has 17 heavy (non-hydrogen) atoms. The van der Waals surface area contributed by atoms with Crippen LogP contribution in [0, 0.1) is 0 Å². The van der Waals surface area contributed by atoms with E-state index >= 15 is 0 Å². The second kappa shape index (κ2) is 5.23. The molecule has 0 atom stereocenters. The zero-order valence-corrected chi connectivity index (χ0v) is 10.8. The van der Waals surface area contributed by atoms with Gasteiger partial charge in [0.2, 0.25) is 0 Å². The van der Waals surface area contributed by atoms with Crippen molar-refractivity contribution in [3.8, 4) is 0 Å². The van der Waals surface area contributed by atoms with Gasteiger partial charge in [-0.2, -0.15) is 0 Å². The molecule has 0 aliphatic heterocycles. The Labute approximate surface area is 107 Å². The van der Waals surface area contributed by atoms with E-state index in [0.29, 0.717) is 4.99 Å². The summed E-state index contributed by atoms with van der Waals surface area (Å²) in [6.45, 7) is 2.18. The fourth-order valence-electron chi connectivity index (χ4n) is 1.92. The third-order valence-electron chi connectivity index (χ3n) is 2.82. The van der Waals surface area contributed by atoms with Crippen molar-refractivity contribution < 1.29 is 0 Å². The fourth-order valence-corrected chi connectivity index (χ4v) is 2.09. The van der Waals surface area contributed by atoms with Gasteiger partial charge in [0, 0.05) is 16.6 Å². The molecule has 0 aliphatic carbocycles. The van der Waals surface area contributed by atoms with Crippen molar-refractivity contribution in [2.45, 2.75) is 26.2 Å². The third-order valence-corrected chi connectivity index (χ3v) is 3.04. The molecule has 3 heteroatoms. The maximum atomic E-state index is 5.78. The van der Waals surface area contributed by atoms with Crippen LogP contribution in [0.5, 0.6) is 0 Å². The summed E-state index contributed by atoms with van der Waals surface area (Å²) in [7, 11) is 0. The highest BCUT2D eigenvalue weighted by atomic mass is 32.1. The van der Waals surface area contributed by atoms with E-state index in [0.717, 1.165) is 41.4 Å². The molecule has 0 saturated heterocycles. The van der Waals surface area contributed by atoms with E-state index in [-0.39, 0.29) is 0 Å². The molecule has 2 N–H and O–H groups in total. The molecule has 2 rings (SSSR count). The Morgan fingerprint density at radius 3 is 2.82 bits per heavy atom. The van der Waals surface area contributed by atoms with Gasteiger partial charge in [0.1, 0.15) is 4.99 Å². The summed E-state index contributed by atoms with van der Waals surface area (Å²) < 4.78 is 0. The molecule has 0 saturated carbocycles. The van der Waals surface area contributed by atoms with Gasteiger partial charge in [-0.1, -0.05) is 43.8 Å². The summed E-state index contributed by atoms with van der Waals surface area (Å²) in [5.74, 6) is 0. The molecule has 1 aromatic heterocycles. The van der Waals surface area contributed by atoms with Crippen LogP contribution in [0.25, 0.3) is 10.9 Å². The lowest BCUT2D eigenvalue weighted by Gasteiger charge is -2.08. The Kier molecular flexibility index (Phi) is 3.69. The molecular weight excluding hydrogens is 228 g/mol. The number of pyridine rings is 1. The van der Waals surface area contributed by atoms with Crippen molar-refractivity contribution in [2.24, 2.45) is 5.73 Å². The summed E-state index contributed by atoms with van der Waals surface area (Å²) in [4.78, 5) is 5.09. The van der Waals surface area contributed by atoms with E-state index in [1.807, 2.05) is 30.3 Å². The van der Waals surface area contributed by atoms with Crippen molar-refractivity contribution in [1.29, 1.82) is 0 Å². The van der Waals surface area contributed by atoms with E-state index in [9.17, 15) is 0 Å². The van der Waals surface area contributed by atoms with Crippen LogP contribution >= 0.6 is 12.2 Å². The number of para-hydroxylation sites is 1. The van der Waals surface area contributed by atoms with Crippen molar-refractivity contribution in [1.82, 2.24) is 4.98 Å². The Morgan fingerprint density at radius 2 is 2.12 bits per heavy atom. The molecule has 88 valence electrons. The van der Waals surface area contributed by atoms with Crippen molar-refractivity contribution in [3.63, 3.8) is 0 Å². The predicted octanol–water partition coefficient (Wildman–Crippen LogP) is 3.21. The highest BCUT2D eigenvalue weighted by Gasteiger charge is 2.07.